The Morgan fingerprint density at radius 1 is 1.44 bits per heavy atom. The minimum Gasteiger partial charge on any atom is -0.354 e. The van der Waals surface area contributed by atoms with Crippen molar-refractivity contribution < 1.29 is 18.0 Å². The van der Waals surface area contributed by atoms with Crippen molar-refractivity contribution in [1.82, 2.24) is 10.2 Å². The summed E-state index contributed by atoms with van der Waals surface area (Å²) in [6, 6.07) is 2.33. The molecule has 0 saturated heterocycles. The topological polar surface area (TPSA) is 32.3 Å². The smallest absolute Gasteiger partial charge is 0.354 e. The van der Waals surface area contributed by atoms with E-state index in [1.165, 1.54) is 10.4 Å². The number of nitrogens with one attached hydrogen (secondary N) is 1. The number of amides is 1. The molecule has 1 saturated carbocycles. The standard InChI is InChI=1S/C18H25F3N2OS/c1-12(23-7-5-16-14(11-23)6-8-25-16)10-22-17(24)13-3-2-4-15(9-13)18(19,20)21/h6,8,12-13,15H,2-5,7,9-11H2,1H3,(H,22,24)/t12-,13+,15-/m1/s1. The summed E-state index contributed by atoms with van der Waals surface area (Å²) < 4.78 is 38.7. The van der Waals surface area contributed by atoms with E-state index in [2.05, 4.69) is 28.6 Å². The average molecular weight is 374 g/mol. The van der Waals surface area contributed by atoms with E-state index in [4.69, 9.17) is 0 Å². The summed E-state index contributed by atoms with van der Waals surface area (Å²) in [4.78, 5) is 16.1. The van der Waals surface area contributed by atoms with Crippen LogP contribution in [0.15, 0.2) is 11.4 Å². The summed E-state index contributed by atoms with van der Waals surface area (Å²) in [5.41, 5.74) is 1.36. The highest BCUT2D eigenvalue weighted by molar-refractivity contribution is 7.10. The second-order valence-electron chi connectivity index (χ2n) is 7.29. The van der Waals surface area contributed by atoms with Gasteiger partial charge in [-0.25, -0.2) is 0 Å². The van der Waals surface area contributed by atoms with Gasteiger partial charge >= 0.3 is 6.18 Å². The quantitative estimate of drug-likeness (QED) is 0.865. The SMILES string of the molecule is C[C@H](CNC(=O)[C@H]1CCC[C@@H](C(F)(F)F)C1)N1CCc2sccc2C1. The highest BCUT2D eigenvalue weighted by Crippen LogP contribution is 2.39. The van der Waals surface area contributed by atoms with Gasteiger partial charge in [0.05, 0.1) is 5.92 Å². The monoisotopic (exact) mass is 374 g/mol. The van der Waals surface area contributed by atoms with Crippen LogP contribution in [0.5, 0.6) is 0 Å². The Kier molecular flexibility index (Phi) is 5.73. The van der Waals surface area contributed by atoms with Crippen LogP contribution < -0.4 is 5.32 Å². The van der Waals surface area contributed by atoms with Gasteiger partial charge in [-0.15, -0.1) is 11.3 Å². The molecular weight excluding hydrogens is 349 g/mol. The van der Waals surface area contributed by atoms with Crippen LogP contribution in [0, 0.1) is 11.8 Å². The molecule has 1 amide bonds. The lowest BCUT2D eigenvalue weighted by Crippen LogP contribution is -2.46. The number of carbonyl (C=O) groups is 1. The van der Waals surface area contributed by atoms with Crippen molar-refractivity contribution >= 4 is 17.2 Å². The fraction of sp³-hybridized carbons (Fsp3) is 0.722. The van der Waals surface area contributed by atoms with Crippen LogP contribution >= 0.6 is 11.3 Å². The zero-order chi connectivity index (χ0) is 18.0. The van der Waals surface area contributed by atoms with Gasteiger partial charge in [-0.3, -0.25) is 9.69 Å². The highest BCUT2D eigenvalue weighted by atomic mass is 32.1. The third-order valence-corrected chi connectivity index (χ3v) is 6.56. The predicted molar refractivity (Wildman–Crippen MR) is 92.4 cm³/mol. The van der Waals surface area contributed by atoms with Crippen molar-refractivity contribution in [2.24, 2.45) is 11.8 Å². The van der Waals surface area contributed by atoms with E-state index >= 15 is 0 Å². The summed E-state index contributed by atoms with van der Waals surface area (Å²) in [5.74, 6) is -2.04. The van der Waals surface area contributed by atoms with Gasteiger partial charge in [0.25, 0.3) is 0 Å². The largest absolute Gasteiger partial charge is 0.391 e. The van der Waals surface area contributed by atoms with E-state index in [0.29, 0.717) is 19.4 Å². The molecule has 25 heavy (non-hydrogen) atoms. The first-order valence-electron chi connectivity index (χ1n) is 8.98. The minimum absolute atomic E-state index is 0.0638. The van der Waals surface area contributed by atoms with E-state index in [1.54, 1.807) is 11.3 Å². The number of hydrogen-bond donors (Lipinski definition) is 1. The van der Waals surface area contributed by atoms with Crippen molar-refractivity contribution in [3.8, 4) is 0 Å². The summed E-state index contributed by atoms with van der Waals surface area (Å²) in [5, 5.41) is 5.01. The van der Waals surface area contributed by atoms with Crippen LogP contribution in [-0.2, 0) is 17.8 Å². The number of nitrogens with zero attached hydrogens (tertiary/aromatic N) is 1. The maximum atomic E-state index is 12.9. The predicted octanol–water partition coefficient (Wildman–Crippen LogP) is 3.98. The van der Waals surface area contributed by atoms with Crippen LogP contribution in [0.1, 0.15) is 43.0 Å². The number of carbonyl (C=O) groups excluding carboxylic acids is 1. The molecule has 0 bridgehead atoms. The molecule has 140 valence electrons. The van der Waals surface area contributed by atoms with E-state index < -0.39 is 18.0 Å². The Labute approximate surface area is 150 Å². The molecule has 1 fully saturated rings. The summed E-state index contributed by atoms with van der Waals surface area (Å²) in [7, 11) is 0. The summed E-state index contributed by atoms with van der Waals surface area (Å²) >= 11 is 1.79. The molecule has 7 heteroatoms. The molecule has 3 atom stereocenters. The average Bonchev–Trinajstić information content (AvgIpc) is 3.06. The van der Waals surface area contributed by atoms with Crippen molar-refractivity contribution in [2.45, 2.75) is 57.8 Å². The minimum atomic E-state index is -4.18. The molecular formula is C18H25F3N2OS. The number of fused-ring (bicyclic) bond motifs is 1. The van der Waals surface area contributed by atoms with Gasteiger partial charge in [0.15, 0.2) is 0 Å². The van der Waals surface area contributed by atoms with Gasteiger partial charge in [-0.2, -0.15) is 13.2 Å². The molecule has 1 aliphatic heterocycles. The van der Waals surface area contributed by atoms with Crippen molar-refractivity contribution in [2.75, 3.05) is 13.1 Å². The molecule has 1 aliphatic carbocycles. The van der Waals surface area contributed by atoms with Gasteiger partial charge in [-0.1, -0.05) is 6.42 Å². The van der Waals surface area contributed by atoms with Crippen molar-refractivity contribution in [3.63, 3.8) is 0 Å². The van der Waals surface area contributed by atoms with Gasteiger partial charge in [0.2, 0.25) is 5.91 Å². The molecule has 3 nitrogen and oxygen atoms in total. The van der Waals surface area contributed by atoms with Crippen molar-refractivity contribution in [1.29, 1.82) is 0 Å². The van der Waals surface area contributed by atoms with Crippen LogP contribution in [-0.4, -0.2) is 36.1 Å². The Morgan fingerprint density at radius 3 is 3.00 bits per heavy atom. The van der Waals surface area contributed by atoms with Crippen molar-refractivity contribution in [3.05, 3.63) is 21.9 Å². The maximum Gasteiger partial charge on any atom is 0.391 e. The lowest BCUT2D eigenvalue weighted by Gasteiger charge is -2.33. The molecule has 1 aromatic heterocycles. The Morgan fingerprint density at radius 2 is 2.24 bits per heavy atom. The van der Waals surface area contributed by atoms with E-state index in [-0.39, 0.29) is 24.8 Å². The number of rotatable bonds is 4. The lowest BCUT2D eigenvalue weighted by molar-refractivity contribution is -0.186. The Balaban J connectivity index is 1.47. The summed E-state index contributed by atoms with van der Waals surface area (Å²) in [6.45, 7) is 4.40. The Hall–Kier alpha value is -1.08. The lowest BCUT2D eigenvalue weighted by atomic mass is 9.80. The van der Waals surface area contributed by atoms with Crippen LogP contribution in [0.2, 0.25) is 0 Å². The van der Waals surface area contributed by atoms with Gasteiger partial charge in [-0.05, 0) is 49.6 Å². The number of halogens is 3. The molecule has 0 radical (unpaired) electrons. The van der Waals surface area contributed by atoms with E-state index in [0.717, 1.165) is 19.5 Å². The van der Waals surface area contributed by atoms with E-state index in [1.807, 2.05) is 0 Å². The van der Waals surface area contributed by atoms with Crippen LogP contribution in [0.4, 0.5) is 13.2 Å². The molecule has 3 rings (SSSR count). The van der Waals surface area contributed by atoms with Crippen LogP contribution in [0.3, 0.4) is 0 Å². The van der Waals surface area contributed by atoms with Gasteiger partial charge in [0.1, 0.15) is 0 Å². The summed E-state index contributed by atoms with van der Waals surface area (Å²) in [6.07, 6.45) is -2.02. The third-order valence-electron chi connectivity index (χ3n) is 5.54. The number of alkyl halides is 3. The molecule has 0 aromatic carbocycles. The number of hydrogen-bond acceptors (Lipinski definition) is 3. The van der Waals surface area contributed by atoms with E-state index in [9.17, 15) is 18.0 Å². The second-order valence-corrected chi connectivity index (χ2v) is 8.29. The first-order chi connectivity index (χ1) is 11.8. The first kappa shape index (κ1) is 18.7. The fourth-order valence-corrected chi connectivity index (χ4v) is 4.78. The molecule has 1 aromatic rings. The van der Waals surface area contributed by atoms with Gasteiger partial charge < -0.3 is 5.32 Å². The molecule has 0 unspecified atom stereocenters. The zero-order valence-electron chi connectivity index (χ0n) is 14.4. The Bertz CT molecular complexity index is 601. The second kappa shape index (κ2) is 7.66. The number of thiophene rings is 1. The highest BCUT2D eigenvalue weighted by Gasteiger charge is 2.43. The zero-order valence-corrected chi connectivity index (χ0v) is 15.3. The molecule has 0 spiro atoms. The molecule has 2 heterocycles. The van der Waals surface area contributed by atoms with Crippen LogP contribution in [0.25, 0.3) is 0 Å². The fourth-order valence-electron chi connectivity index (χ4n) is 3.89. The molecule has 2 aliphatic rings. The normalized spacial score (nSPS) is 26.1. The molecule has 1 N–H and O–H groups in total. The maximum absolute atomic E-state index is 12.9. The third kappa shape index (κ3) is 4.56. The van der Waals surface area contributed by atoms with Gasteiger partial charge in [0, 0.05) is 36.5 Å². The first-order valence-corrected chi connectivity index (χ1v) is 9.86.